The van der Waals surface area contributed by atoms with Crippen molar-refractivity contribution in [2.45, 2.75) is 45.9 Å². The van der Waals surface area contributed by atoms with Gasteiger partial charge in [0.15, 0.2) is 0 Å². The third kappa shape index (κ3) is 6.40. The Morgan fingerprint density at radius 1 is 1.14 bits per heavy atom. The number of ether oxygens (including phenoxy) is 1. The van der Waals surface area contributed by atoms with Gasteiger partial charge in [0.2, 0.25) is 11.8 Å². The summed E-state index contributed by atoms with van der Waals surface area (Å²) in [6.45, 7) is 6.29. The number of carbonyl (C=O) groups excluding carboxylic acids is 2. The fourth-order valence-corrected chi connectivity index (χ4v) is 1.67. The lowest BCUT2D eigenvalue weighted by Crippen LogP contribution is -2.48. The Labute approximate surface area is 126 Å². The molecule has 0 spiro atoms. The fourth-order valence-electron chi connectivity index (χ4n) is 1.67. The van der Waals surface area contributed by atoms with Crippen LogP contribution in [0.5, 0.6) is 0 Å². The minimum atomic E-state index is -0.605. The highest BCUT2D eigenvalue weighted by molar-refractivity contribution is 5.88. The van der Waals surface area contributed by atoms with Crippen molar-refractivity contribution in [1.82, 2.24) is 10.6 Å². The highest BCUT2D eigenvalue weighted by Crippen LogP contribution is 2.03. The molecule has 0 aliphatic rings. The van der Waals surface area contributed by atoms with Crippen LogP contribution in [-0.4, -0.2) is 30.5 Å². The summed E-state index contributed by atoms with van der Waals surface area (Å²) in [4.78, 5) is 23.6. The average molecular weight is 292 g/mol. The lowest BCUT2D eigenvalue weighted by Gasteiger charge is -2.17. The highest BCUT2D eigenvalue weighted by atomic mass is 16.5. The zero-order chi connectivity index (χ0) is 15.7. The van der Waals surface area contributed by atoms with Crippen LogP contribution in [0, 0.1) is 0 Å². The van der Waals surface area contributed by atoms with Crippen LogP contribution in [0.4, 0.5) is 0 Å². The van der Waals surface area contributed by atoms with Crippen molar-refractivity contribution in [2.24, 2.45) is 0 Å². The van der Waals surface area contributed by atoms with E-state index in [1.54, 1.807) is 13.8 Å². The van der Waals surface area contributed by atoms with Crippen LogP contribution in [0.2, 0.25) is 0 Å². The molecular weight excluding hydrogens is 268 g/mol. The van der Waals surface area contributed by atoms with Gasteiger partial charge in [-0.2, -0.15) is 0 Å². The van der Waals surface area contributed by atoms with E-state index >= 15 is 0 Å². The first-order valence-corrected chi connectivity index (χ1v) is 7.28. The van der Waals surface area contributed by atoms with Gasteiger partial charge in [0.1, 0.15) is 12.1 Å². The van der Waals surface area contributed by atoms with Gasteiger partial charge >= 0.3 is 0 Å². The molecule has 0 bridgehead atoms. The molecule has 21 heavy (non-hydrogen) atoms. The number of hydrogen-bond acceptors (Lipinski definition) is 3. The van der Waals surface area contributed by atoms with E-state index in [0.717, 1.165) is 12.0 Å². The zero-order valence-electron chi connectivity index (χ0n) is 12.9. The maximum Gasteiger partial charge on any atom is 0.249 e. The molecule has 0 heterocycles. The van der Waals surface area contributed by atoms with Crippen LogP contribution in [-0.2, 0) is 20.9 Å². The molecule has 2 atom stereocenters. The van der Waals surface area contributed by atoms with E-state index in [1.165, 1.54) is 0 Å². The molecule has 0 saturated carbocycles. The normalized spacial score (nSPS) is 13.3. The second kappa shape index (κ2) is 9.13. The first-order valence-electron chi connectivity index (χ1n) is 7.28. The van der Waals surface area contributed by atoms with E-state index in [-0.39, 0.29) is 11.8 Å². The summed E-state index contributed by atoms with van der Waals surface area (Å²) in [5, 5.41) is 5.39. The summed E-state index contributed by atoms with van der Waals surface area (Å²) >= 11 is 0. The molecule has 5 heteroatoms. The summed E-state index contributed by atoms with van der Waals surface area (Å²) < 4.78 is 5.51. The Hall–Kier alpha value is -1.88. The highest BCUT2D eigenvalue weighted by Gasteiger charge is 2.19. The Balaban J connectivity index is 2.35. The maximum atomic E-state index is 11.9. The summed E-state index contributed by atoms with van der Waals surface area (Å²) in [7, 11) is 0. The Kier molecular flexibility index (Phi) is 7.46. The zero-order valence-corrected chi connectivity index (χ0v) is 12.9. The van der Waals surface area contributed by atoms with Crippen LogP contribution in [0.3, 0.4) is 0 Å². The van der Waals surface area contributed by atoms with E-state index in [2.05, 4.69) is 10.6 Å². The van der Waals surface area contributed by atoms with Gasteiger partial charge in [-0.1, -0.05) is 37.3 Å². The van der Waals surface area contributed by atoms with Gasteiger partial charge < -0.3 is 15.4 Å². The van der Waals surface area contributed by atoms with Crippen molar-refractivity contribution >= 4 is 11.8 Å². The third-order valence-corrected chi connectivity index (χ3v) is 3.01. The van der Waals surface area contributed by atoms with Gasteiger partial charge in [0.05, 0.1) is 6.61 Å². The van der Waals surface area contributed by atoms with Gasteiger partial charge in [-0.25, -0.2) is 0 Å². The van der Waals surface area contributed by atoms with Crippen molar-refractivity contribution in [1.29, 1.82) is 0 Å². The van der Waals surface area contributed by atoms with E-state index in [4.69, 9.17) is 4.74 Å². The molecule has 0 saturated heterocycles. The van der Waals surface area contributed by atoms with Gasteiger partial charge in [-0.05, 0) is 25.8 Å². The van der Waals surface area contributed by atoms with Crippen LogP contribution in [0.25, 0.3) is 0 Å². The largest absolute Gasteiger partial charge is 0.364 e. The van der Waals surface area contributed by atoms with Gasteiger partial charge in [0.25, 0.3) is 0 Å². The molecule has 0 fully saturated rings. The van der Waals surface area contributed by atoms with Crippen LogP contribution < -0.4 is 10.6 Å². The average Bonchev–Trinajstić information content (AvgIpc) is 2.50. The second-order valence-electron chi connectivity index (χ2n) is 4.96. The number of carbonyl (C=O) groups is 2. The van der Waals surface area contributed by atoms with Gasteiger partial charge in [-0.3, -0.25) is 9.59 Å². The van der Waals surface area contributed by atoms with E-state index < -0.39 is 12.1 Å². The molecule has 0 unspecified atom stereocenters. The standard InChI is InChI=1S/C16H24N2O3/c1-4-10-17-15(19)12(2)18-16(20)13(3)21-11-14-8-6-5-7-9-14/h5-9,12-13H,4,10-11H2,1-3H3,(H,17,19)(H,18,20)/t12-,13+/m0/s1. The first kappa shape index (κ1) is 17.2. The molecule has 5 nitrogen and oxygen atoms in total. The smallest absolute Gasteiger partial charge is 0.249 e. The predicted molar refractivity (Wildman–Crippen MR) is 81.6 cm³/mol. The lowest BCUT2D eigenvalue weighted by atomic mass is 10.2. The van der Waals surface area contributed by atoms with E-state index in [9.17, 15) is 9.59 Å². The quantitative estimate of drug-likeness (QED) is 0.765. The SMILES string of the molecule is CCCNC(=O)[C@H](C)NC(=O)[C@@H](C)OCc1ccccc1. The molecule has 1 aromatic carbocycles. The Morgan fingerprint density at radius 2 is 1.81 bits per heavy atom. The van der Waals surface area contributed by atoms with Crippen molar-refractivity contribution in [3.8, 4) is 0 Å². The summed E-state index contributed by atoms with van der Waals surface area (Å²) in [6, 6.07) is 9.08. The second-order valence-corrected chi connectivity index (χ2v) is 4.96. The molecule has 0 aromatic heterocycles. The van der Waals surface area contributed by atoms with Crippen LogP contribution >= 0.6 is 0 Å². The molecular formula is C16H24N2O3. The first-order chi connectivity index (χ1) is 10.0. The Morgan fingerprint density at radius 3 is 2.43 bits per heavy atom. The molecule has 1 rings (SSSR count). The third-order valence-electron chi connectivity index (χ3n) is 3.01. The number of nitrogens with one attached hydrogen (secondary N) is 2. The van der Waals surface area contributed by atoms with E-state index in [0.29, 0.717) is 13.2 Å². The predicted octanol–water partition coefficient (Wildman–Crippen LogP) is 1.62. The minimum Gasteiger partial charge on any atom is -0.364 e. The van der Waals surface area contributed by atoms with Gasteiger partial charge in [0, 0.05) is 6.54 Å². The monoisotopic (exact) mass is 292 g/mol. The van der Waals surface area contributed by atoms with Crippen LogP contribution in [0.1, 0.15) is 32.8 Å². The lowest BCUT2D eigenvalue weighted by molar-refractivity contribution is -0.136. The molecule has 0 aliphatic heterocycles. The number of benzene rings is 1. The molecule has 2 amide bonds. The number of amides is 2. The van der Waals surface area contributed by atoms with Crippen LogP contribution in [0.15, 0.2) is 30.3 Å². The maximum absolute atomic E-state index is 11.9. The van der Waals surface area contributed by atoms with Crippen molar-refractivity contribution < 1.29 is 14.3 Å². The van der Waals surface area contributed by atoms with Crippen molar-refractivity contribution in [3.05, 3.63) is 35.9 Å². The van der Waals surface area contributed by atoms with Crippen molar-refractivity contribution in [3.63, 3.8) is 0 Å². The van der Waals surface area contributed by atoms with Gasteiger partial charge in [-0.15, -0.1) is 0 Å². The summed E-state index contributed by atoms with van der Waals surface area (Å²) in [5.74, 6) is -0.467. The molecule has 0 radical (unpaired) electrons. The molecule has 116 valence electrons. The number of rotatable bonds is 8. The topological polar surface area (TPSA) is 67.4 Å². The minimum absolute atomic E-state index is 0.180. The molecule has 1 aromatic rings. The fraction of sp³-hybridized carbons (Fsp3) is 0.500. The van der Waals surface area contributed by atoms with Crippen molar-refractivity contribution in [2.75, 3.05) is 6.54 Å². The Bertz CT molecular complexity index is 448. The summed E-state index contributed by atoms with van der Waals surface area (Å²) in [5.41, 5.74) is 1.01. The molecule has 2 N–H and O–H groups in total. The van der Waals surface area contributed by atoms with E-state index in [1.807, 2.05) is 37.3 Å². The molecule has 0 aliphatic carbocycles. The summed E-state index contributed by atoms with van der Waals surface area (Å²) in [6.07, 6.45) is 0.259. The number of hydrogen-bond donors (Lipinski definition) is 2.